The highest BCUT2D eigenvalue weighted by Gasteiger charge is 2.01. The molecule has 0 aliphatic carbocycles. The van der Waals surface area contributed by atoms with Gasteiger partial charge in [0, 0.05) is 19.7 Å². The summed E-state index contributed by atoms with van der Waals surface area (Å²) in [4.78, 5) is 0. The minimum atomic E-state index is 0.269. The minimum absolute atomic E-state index is 0.269. The lowest BCUT2D eigenvalue weighted by Crippen LogP contribution is -2.42. The van der Waals surface area contributed by atoms with E-state index in [1.54, 1.807) is 7.11 Å². The quantitative estimate of drug-likeness (QED) is 0.496. The van der Waals surface area contributed by atoms with Gasteiger partial charge in [-0.1, -0.05) is 26.2 Å². The van der Waals surface area contributed by atoms with Crippen LogP contribution in [0.2, 0.25) is 0 Å². The van der Waals surface area contributed by atoms with Crippen molar-refractivity contribution in [1.29, 1.82) is 0 Å². The zero-order chi connectivity index (χ0) is 11.5. The van der Waals surface area contributed by atoms with E-state index in [0.29, 0.717) is 6.61 Å². The van der Waals surface area contributed by atoms with Crippen LogP contribution >= 0.6 is 12.2 Å². The predicted octanol–water partition coefficient (Wildman–Crippen LogP) is 2.07. The molecule has 0 radical (unpaired) electrons. The highest BCUT2D eigenvalue weighted by atomic mass is 32.1. The summed E-state index contributed by atoms with van der Waals surface area (Å²) in [5, 5.41) is 7.10. The Kier molecular flexibility index (Phi) is 9.94. The molecular formula is C11H24N2OS. The Morgan fingerprint density at radius 3 is 2.67 bits per heavy atom. The topological polar surface area (TPSA) is 33.3 Å². The highest BCUT2D eigenvalue weighted by molar-refractivity contribution is 7.80. The second kappa shape index (κ2) is 10.2. The maximum Gasteiger partial charge on any atom is 0.166 e. The van der Waals surface area contributed by atoms with E-state index in [1.165, 1.54) is 25.7 Å². The van der Waals surface area contributed by atoms with Gasteiger partial charge in [0.05, 0.1) is 6.61 Å². The average molecular weight is 232 g/mol. The molecule has 1 atom stereocenters. The molecular weight excluding hydrogens is 208 g/mol. The van der Waals surface area contributed by atoms with Gasteiger partial charge in [-0.15, -0.1) is 0 Å². The lowest BCUT2D eigenvalue weighted by Gasteiger charge is -2.15. The molecule has 0 heterocycles. The zero-order valence-corrected chi connectivity index (χ0v) is 11.0. The standard InChI is InChI=1S/C11H24N2OS/c1-4-5-6-7-8-12-11(15)13-10(2)9-14-3/h10H,4-9H2,1-3H3,(H2,12,13,15). The van der Waals surface area contributed by atoms with E-state index in [2.05, 4.69) is 24.5 Å². The first-order valence-corrected chi connectivity index (χ1v) is 6.14. The third kappa shape index (κ3) is 9.94. The van der Waals surface area contributed by atoms with E-state index in [9.17, 15) is 0 Å². The van der Waals surface area contributed by atoms with Gasteiger partial charge >= 0.3 is 0 Å². The maximum atomic E-state index is 5.14. The second-order valence-electron chi connectivity index (χ2n) is 3.82. The van der Waals surface area contributed by atoms with Crippen LogP contribution in [-0.2, 0) is 4.74 Å². The van der Waals surface area contributed by atoms with Gasteiger partial charge in [0.1, 0.15) is 0 Å². The number of nitrogens with one attached hydrogen (secondary N) is 2. The first kappa shape index (κ1) is 14.6. The highest BCUT2D eigenvalue weighted by Crippen LogP contribution is 1.96. The predicted molar refractivity (Wildman–Crippen MR) is 69.2 cm³/mol. The molecule has 0 aromatic carbocycles. The van der Waals surface area contributed by atoms with Gasteiger partial charge in [0.2, 0.25) is 0 Å². The largest absolute Gasteiger partial charge is 0.383 e. The molecule has 0 fully saturated rings. The van der Waals surface area contributed by atoms with Crippen LogP contribution in [0.25, 0.3) is 0 Å². The van der Waals surface area contributed by atoms with Crippen molar-refractivity contribution < 1.29 is 4.74 Å². The summed E-state index contributed by atoms with van der Waals surface area (Å²) in [5.41, 5.74) is 0. The van der Waals surface area contributed by atoms with Gasteiger partial charge in [0.25, 0.3) is 0 Å². The van der Waals surface area contributed by atoms with E-state index < -0.39 is 0 Å². The lowest BCUT2D eigenvalue weighted by molar-refractivity contribution is 0.179. The Bertz CT molecular complexity index is 165. The van der Waals surface area contributed by atoms with Crippen molar-refractivity contribution in [2.45, 2.75) is 45.6 Å². The summed E-state index contributed by atoms with van der Waals surface area (Å²) < 4.78 is 5.01. The number of rotatable bonds is 8. The SMILES string of the molecule is CCCCCCNC(=S)NC(C)COC. The summed E-state index contributed by atoms with van der Waals surface area (Å²) in [6.45, 7) is 5.91. The molecule has 0 bridgehead atoms. The van der Waals surface area contributed by atoms with Crippen LogP contribution in [0, 0.1) is 0 Å². The Labute approximate surface area is 99.0 Å². The summed E-state index contributed by atoms with van der Waals surface area (Å²) in [6, 6.07) is 0.269. The fourth-order valence-corrected chi connectivity index (χ4v) is 1.62. The molecule has 0 spiro atoms. The smallest absolute Gasteiger partial charge is 0.166 e. The van der Waals surface area contributed by atoms with Crippen LogP contribution in [0.4, 0.5) is 0 Å². The Balaban J connectivity index is 3.32. The number of methoxy groups -OCH3 is 1. The zero-order valence-electron chi connectivity index (χ0n) is 10.1. The molecule has 0 saturated carbocycles. The molecule has 0 rings (SSSR count). The first-order chi connectivity index (χ1) is 7.20. The fourth-order valence-electron chi connectivity index (χ4n) is 1.32. The molecule has 4 heteroatoms. The molecule has 0 aromatic heterocycles. The summed E-state index contributed by atoms with van der Waals surface area (Å²) >= 11 is 5.14. The number of thiocarbonyl (C=S) groups is 1. The van der Waals surface area contributed by atoms with Crippen molar-refractivity contribution in [3.63, 3.8) is 0 Å². The third-order valence-electron chi connectivity index (χ3n) is 2.11. The molecule has 2 N–H and O–H groups in total. The van der Waals surface area contributed by atoms with E-state index >= 15 is 0 Å². The normalized spacial score (nSPS) is 12.2. The van der Waals surface area contributed by atoms with E-state index in [4.69, 9.17) is 17.0 Å². The van der Waals surface area contributed by atoms with Gasteiger partial charge in [-0.05, 0) is 25.6 Å². The van der Waals surface area contributed by atoms with Crippen LogP contribution in [0.3, 0.4) is 0 Å². The maximum absolute atomic E-state index is 5.14. The molecule has 0 aliphatic heterocycles. The van der Waals surface area contributed by atoms with Crippen molar-refractivity contribution in [3.8, 4) is 0 Å². The molecule has 15 heavy (non-hydrogen) atoms. The summed E-state index contributed by atoms with van der Waals surface area (Å²) in [7, 11) is 1.69. The van der Waals surface area contributed by atoms with Gasteiger partial charge < -0.3 is 15.4 Å². The number of unbranched alkanes of at least 4 members (excludes halogenated alkanes) is 3. The van der Waals surface area contributed by atoms with Crippen LogP contribution < -0.4 is 10.6 Å². The molecule has 0 amide bonds. The Hall–Kier alpha value is -0.350. The Morgan fingerprint density at radius 2 is 2.07 bits per heavy atom. The van der Waals surface area contributed by atoms with Crippen LogP contribution in [0.15, 0.2) is 0 Å². The average Bonchev–Trinajstić information content (AvgIpc) is 2.17. The molecule has 0 aliphatic rings. The van der Waals surface area contributed by atoms with Crippen molar-refractivity contribution >= 4 is 17.3 Å². The van der Waals surface area contributed by atoms with Gasteiger partial charge in [0.15, 0.2) is 5.11 Å². The molecule has 0 saturated heterocycles. The first-order valence-electron chi connectivity index (χ1n) is 5.74. The second-order valence-corrected chi connectivity index (χ2v) is 4.23. The van der Waals surface area contributed by atoms with Crippen molar-refractivity contribution in [2.75, 3.05) is 20.3 Å². The summed E-state index contributed by atoms with van der Waals surface area (Å²) in [5.74, 6) is 0. The van der Waals surface area contributed by atoms with Crippen LogP contribution in [0.5, 0.6) is 0 Å². The van der Waals surface area contributed by atoms with Gasteiger partial charge in [-0.2, -0.15) is 0 Å². The lowest BCUT2D eigenvalue weighted by atomic mass is 10.2. The van der Waals surface area contributed by atoms with Gasteiger partial charge in [-0.25, -0.2) is 0 Å². The molecule has 3 nitrogen and oxygen atoms in total. The van der Waals surface area contributed by atoms with Crippen LogP contribution in [0.1, 0.15) is 39.5 Å². The molecule has 0 aromatic rings. The van der Waals surface area contributed by atoms with E-state index in [0.717, 1.165) is 11.7 Å². The fraction of sp³-hybridized carbons (Fsp3) is 0.909. The number of hydrogen-bond acceptors (Lipinski definition) is 2. The van der Waals surface area contributed by atoms with Crippen LogP contribution in [-0.4, -0.2) is 31.4 Å². The van der Waals surface area contributed by atoms with E-state index in [-0.39, 0.29) is 6.04 Å². The Morgan fingerprint density at radius 1 is 1.33 bits per heavy atom. The molecule has 90 valence electrons. The number of ether oxygens (including phenoxy) is 1. The van der Waals surface area contributed by atoms with Crippen molar-refractivity contribution in [2.24, 2.45) is 0 Å². The summed E-state index contributed by atoms with van der Waals surface area (Å²) in [6.07, 6.45) is 5.05. The minimum Gasteiger partial charge on any atom is -0.383 e. The van der Waals surface area contributed by atoms with Crippen molar-refractivity contribution in [3.05, 3.63) is 0 Å². The monoisotopic (exact) mass is 232 g/mol. The van der Waals surface area contributed by atoms with Gasteiger partial charge in [-0.3, -0.25) is 0 Å². The van der Waals surface area contributed by atoms with Crippen molar-refractivity contribution in [1.82, 2.24) is 10.6 Å². The number of hydrogen-bond donors (Lipinski definition) is 2. The molecule has 1 unspecified atom stereocenters. The third-order valence-corrected chi connectivity index (χ3v) is 2.37. The van der Waals surface area contributed by atoms with E-state index in [1.807, 2.05) is 0 Å².